The molecule has 1 aliphatic heterocycles. The van der Waals surface area contributed by atoms with Crippen molar-refractivity contribution in [1.29, 1.82) is 0 Å². The van der Waals surface area contributed by atoms with E-state index in [9.17, 15) is 13.2 Å². The van der Waals surface area contributed by atoms with Crippen molar-refractivity contribution in [2.75, 3.05) is 19.6 Å². The number of nitrogens with two attached hydrogens (primary N) is 1. The van der Waals surface area contributed by atoms with Crippen LogP contribution in [0.3, 0.4) is 0 Å². The molecule has 7 heteroatoms. The monoisotopic (exact) mass is 253 g/mol. The Morgan fingerprint density at radius 2 is 1.94 bits per heavy atom. The summed E-state index contributed by atoms with van der Waals surface area (Å²) in [6, 6.07) is 0. The van der Waals surface area contributed by atoms with Crippen molar-refractivity contribution >= 4 is 5.84 Å². The topological polar surface area (TPSA) is 61.9 Å². The molecule has 0 saturated carbocycles. The van der Waals surface area contributed by atoms with Gasteiger partial charge in [-0.2, -0.15) is 13.2 Å². The molecule has 0 unspecified atom stereocenters. The Labute approximate surface area is 98.3 Å². The number of likely N-dealkylation sites (tertiary alicyclic amines) is 1. The summed E-state index contributed by atoms with van der Waals surface area (Å²) in [6.45, 7) is 2.98. The fraction of sp³-hybridized carbons (Fsp3) is 0.900. The Hall–Kier alpha value is -0.980. The van der Waals surface area contributed by atoms with Crippen molar-refractivity contribution in [2.45, 2.75) is 32.4 Å². The van der Waals surface area contributed by atoms with E-state index >= 15 is 0 Å². The summed E-state index contributed by atoms with van der Waals surface area (Å²) < 4.78 is 36.1. The van der Waals surface area contributed by atoms with Crippen LogP contribution in [0, 0.1) is 5.41 Å². The summed E-state index contributed by atoms with van der Waals surface area (Å²) in [4.78, 5) is 1.76. The van der Waals surface area contributed by atoms with Gasteiger partial charge in [0.15, 0.2) is 0 Å². The van der Waals surface area contributed by atoms with E-state index in [1.165, 1.54) is 0 Å². The van der Waals surface area contributed by atoms with Gasteiger partial charge >= 0.3 is 6.18 Å². The predicted octanol–water partition coefficient (Wildman–Crippen LogP) is 1.79. The average Bonchev–Trinajstić information content (AvgIpc) is 2.26. The Kier molecular flexibility index (Phi) is 4.24. The van der Waals surface area contributed by atoms with Crippen LogP contribution in [0.5, 0.6) is 0 Å². The van der Waals surface area contributed by atoms with E-state index in [1.807, 2.05) is 6.92 Å². The number of hydrogen-bond acceptors (Lipinski definition) is 3. The molecule has 0 atom stereocenters. The number of nitrogens with zero attached hydrogens (tertiary/aromatic N) is 2. The van der Waals surface area contributed by atoms with Crippen LogP contribution < -0.4 is 5.73 Å². The molecule has 0 aromatic rings. The van der Waals surface area contributed by atoms with E-state index in [0.717, 1.165) is 0 Å². The van der Waals surface area contributed by atoms with Gasteiger partial charge in [0.2, 0.25) is 0 Å². The first kappa shape index (κ1) is 14.1. The van der Waals surface area contributed by atoms with Crippen LogP contribution in [0.4, 0.5) is 13.2 Å². The van der Waals surface area contributed by atoms with Crippen molar-refractivity contribution in [3.63, 3.8) is 0 Å². The third-order valence-electron chi connectivity index (χ3n) is 3.40. The number of alkyl halides is 3. The molecule has 1 heterocycles. The normalized spacial score (nSPS) is 22.7. The first-order valence-electron chi connectivity index (χ1n) is 5.54. The van der Waals surface area contributed by atoms with Crippen molar-refractivity contribution < 1.29 is 18.4 Å². The molecule has 0 aromatic carbocycles. The molecular weight excluding hydrogens is 235 g/mol. The van der Waals surface area contributed by atoms with Crippen LogP contribution in [0.15, 0.2) is 5.16 Å². The zero-order valence-electron chi connectivity index (χ0n) is 9.80. The van der Waals surface area contributed by atoms with Crippen LogP contribution in [0.1, 0.15) is 26.2 Å². The Balaban J connectivity index is 2.41. The lowest BCUT2D eigenvalue weighted by Gasteiger charge is -2.38. The summed E-state index contributed by atoms with van der Waals surface area (Å²) in [7, 11) is 0. The average molecular weight is 253 g/mol. The lowest BCUT2D eigenvalue weighted by atomic mass is 9.79. The zero-order valence-corrected chi connectivity index (χ0v) is 9.80. The summed E-state index contributed by atoms with van der Waals surface area (Å²) in [5.74, 6) is 0.160. The minimum absolute atomic E-state index is 0.0236. The summed E-state index contributed by atoms with van der Waals surface area (Å²) in [6.07, 6.45) is -3.67. The standard InChI is InChI=1S/C10H18F3N3O/c1-9(8(14)15-17)2-5-16(6-3-9)7-4-10(11,12)13/h17H,2-7H2,1H3,(H2,14,15). The quantitative estimate of drug-likeness (QED) is 0.349. The third kappa shape index (κ3) is 4.07. The van der Waals surface area contributed by atoms with Gasteiger partial charge < -0.3 is 15.8 Å². The number of oxime groups is 1. The molecule has 0 aromatic heterocycles. The number of hydrogen-bond donors (Lipinski definition) is 2. The summed E-state index contributed by atoms with van der Waals surface area (Å²) >= 11 is 0. The van der Waals surface area contributed by atoms with Crippen molar-refractivity contribution in [1.82, 2.24) is 4.90 Å². The van der Waals surface area contributed by atoms with Crippen molar-refractivity contribution in [3.05, 3.63) is 0 Å². The van der Waals surface area contributed by atoms with Crippen LogP contribution in [0.25, 0.3) is 0 Å². The van der Waals surface area contributed by atoms with Gasteiger partial charge in [-0.1, -0.05) is 12.1 Å². The van der Waals surface area contributed by atoms with Gasteiger partial charge in [0.25, 0.3) is 0 Å². The highest BCUT2D eigenvalue weighted by Crippen LogP contribution is 2.31. The second kappa shape index (κ2) is 5.12. The Morgan fingerprint density at radius 3 is 2.35 bits per heavy atom. The van der Waals surface area contributed by atoms with Gasteiger partial charge in [0.05, 0.1) is 6.42 Å². The van der Waals surface area contributed by atoms with Crippen molar-refractivity contribution in [3.8, 4) is 0 Å². The molecule has 0 radical (unpaired) electrons. The van der Waals surface area contributed by atoms with Crippen LogP contribution in [0.2, 0.25) is 0 Å². The van der Waals surface area contributed by atoms with Gasteiger partial charge in [0.1, 0.15) is 5.84 Å². The Bertz CT molecular complexity index is 283. The molecule has 1 aliphatic rings. The first-order valence-corrected chi connectivity index (χ1v) is 5.54. The molecule has 0 amide bonds. The number of halogens is 3. The second-order valence-corrected chi connectivity index (χ2v) is 4.75. The van der Waals surface area contributed by atoms with E-state index in [-0.39, 0.29) is 12.4 Å². The maximum absolute atomic E-state index is 12.0. The molecule has 0 spiro atoms. The molecule has 17 heavy (non-hydrogen) atoms. The lowest BCUT2D eigenvalue weighted by molar-refractivity contribution is -0.138. The smallest absolute Gasteiger partial charge is 0.390 e. The van der Waals surface area contributed by atoms with E-state index in [2.05, 4.69) is 5.16 Å². The summed E-state index contributed by atoms with van der Waals surface area (Å²) in [5, 5.41) is 11.6. The molecular formula is C10H18F3N3O. The highest BCUT2D eigenvalue weighted by Gasteiger charge is 2.35. The number of amidine groups is 1. The molecule has 100 valence electrons. The third-order valence-corrected chi connectivity index (χ3v) is 3.40. The zero-order chi connectivity index (χ0) is 13.1. The fourth-order valence-electron chi connectivity index (χ4n) is 1.93. The SMILES string of the molecule is CC1(C(N)=NO)CCN(CCC(F)(F)F)CC1. The highest BCUT2D eigenvalue weighted by molar-refractivity contribution is 5.85. The summed E-state index contributed by atoms with van der Waals surface area (Å²) in [5.41, 5.74) is 5.17. The second-order valence-electron chi connectivity index (χ2n) is 4.75. The molecule has 1 fully saturated rings. The molecule has 4 nitrogen and oxygen atoms in total. The van der Waals surface area contributed by atoms with Gasteiger partial charge in [-0.25, -0.2) is 0 Å². The number of rotatable bonds is 3. The molecule has 3 N–H and O–H groups in total. The fourth-order valence-corrected chi connectivity index (χ4v) is 1.93. The largest absolute Gasteiger partial charge is 0.409 e. The van der Waals surface area contributed by atoms with E-state index < -0.39 is 18.0 Å². The first-order chi connectivity index (χ1) is 7.77. The molecule has 1 saturated heterocycles. The van der Waals surface area contributed by atoms with Gasteiger partial charge in [-0.05, 0) is 25.9 Å². The van der Waals surface area contributed by atoms with Crippen LogP contribution in [-0.4, -0.2) is 41.8 Å². The maximum atomic E-state index is 12.0. The molecule has 0 bridgehead atoms. The maximum Gasteiger partial charge on any atom is 0.390 e. The minimum Gasteiger partial charge on any atom is -0.409 e. The molecule has 0 aliphatic carbocycles. The molecule has 1 rings (SSSR count). The van der Waals surface area contributed by atoms with E-state index in [4.69, 9.17) is 10.9 Å². The lowest BCUT2D eigenvalue weighted by Crippen LogP contribution is -2.46. The van der Waals surface area contributed by atoms with E-state index in [1.54, 1.807) is 4.90 Å². The van der Waals surface area contributed by atoms with E-state index in [0.29, 0.717) is 25.9 Å². The predicted molar refractivity (Wildman–Crippen MR) is 57.9 cm³/mol. The Morgan fingerprint density at radius 1 is 1.41 bits per heavy atom. The van der Waals surface area contributed by atoms with Crippen molar-refractivity contribution in [2.24, 2.45) is 16.3 Å². The van der Waals surface area contributed by atoms with Crippen LogP contribution >= 0.6 is 0 Å². The minimum atomic E-state index is -4.10. The number of piperidine rings is 1. The van der Waals surface area contributed by atoms with Crippen LogP contribution in [-0.2, 0) is 0 Å². The van der Waals surface area contributed by atoms with Gasteiger partial charge in [-0.3, -0.25) is 0 Å². The highest BCUT2D eigenvalue weighted by atomic mass is 19.4. The van der Waals surface area contributed by atoms with Gasteiger partial charge in [0, 0.05) is 12.0 Å². The van der Waals surface area contributed by atoms with Gasteiger partial charge in [-0.15, -0.1) is 0 Å².